The zero-order valence-electron chi connectivity index (χ0n) is 20.0. The summed E-state index contributed by atoms with van der Waals surface area (Å²) >= 11 is 0. The maximum Gasteiger partial charge on any atom is 0.323 e. The Labute approximate surface area is 213 Å². The molecule has 10 nitrogen and oxygen atoms in total. The van der Waals surface area contributed by atoms with Crippen molar-refractivity contribution in [1.29, 1.82) is 0 Å². The SMILES string of the molecule is COc1cc2c(Oc3ccc(NC(=O)Nc4ccccc4)cc3)ccnc2cc1OCC[C@@H](N)C(=O)O. The lowest BCUT2D eigenvalue weighted by molar-refractivity contribution is -0.138. The van der Waals surface area contributed by atoms with Crippen LogP contribution in [0.2, 0.25) is 0 Å². The van der Waals surface area contributed by atoms with Crippen molar-refractivity contribution in [3.05, 3.63) is 79.0 Å². The summed E-state index contributed by atoms with van der Waals surface area (Å²) < 4.78 is 17.2. The molecule has 4 aromatic rings. The first kappa shape index (κ1) is 25.3. The molecule has 0 aliphatic rings. The highest BCUT2D eigenvalue weighted by Gasteiger charge is 2.15. The normalized spacial score (nSPS) is 11.4. The minimum absolute atomic E-state index is 0.106. The Bertz CT molecular complexity index is 1380. The van der Waals surface area contributed by atoms with Crippen molar-refractivity contribution >= 4 is 34.3 Å². The summed E-state index contributed by atoms with van der Waals surface area (Å²) in [5.41, 5.74) is 7.43. The zero-order chi connectivity index (χ0) is 26.2. The first-order chi connectivity index (χ1) is 17.9. The van der Waals surface area contributed by atoms with Crippen LogP contribution in [0.15, 0.2) is 79.0 Å². The van der Waals surface area contributed by atoms with Crippen LogP contribution in [0, 0.1) is 0 Å². The molecule has 0 fully saturated rings. The van der Waals surface area contributed by atoms with Gasteiger partial charge in [-0.1, -0.05) is 18.2 Å². The number of anilines is 2. The van der Waals surface area contributed by atoms with Gasteiger partial charge in [0.05, 0.1) is 19.2 Å². The molecule has 0 saturated heterocycles. The molecule has 190 valence electrons. The van der Waals surface area contributed by atoms with E-state index >= 15 is 0 Å². The second-order valence-corrected chi connectivity index (χ2v) is 7.98. The van der Waals surface area contributed by atoms with Gasteiger partial charge in [-0.2, -0.15) is 0 Å². The van der Waals surface area contributed by atoms with E-state index in [1.165, 1.54) is 7.11 Å². The number of benzene rings is 3. The van der Waals surface area contributed by atoms with Crippen LogP contribution in [0.3, 0.4) is 0 Å². The standard InChI is InChI=1S/C27H26N4O6/c1-35-24-15-20-22(16-25(24)36-14-12-21(28)26(32)33)29-13-11-23(20)37-19-9-7-18(8-10-19)31-27(34)30-17-5-3-2-4-6-17/h2-11,13,15-16,21H,12,14,28H2,1H3,(H,32,33)(H2,30,31,34)/t21-/m1/s1. The van der Waals surface area contributed by atoms with Crippen LogP contribution in [0.25, 0.3) is 10.9 Å². The number of amides is 2. The molecule has 5 N–H and O–H groups in total. The van der Waals surface area contributed by atoms with Crippen molar-refractivity contribution in [2.24, 2.45) is 5.73 Å². The number of carbonyl (C=O) groups is 2. The summed E-state index contributed by atoms with van der Waals surface area (Å²) in [5, 5.41) is 15.2. The van der Waals surface area contributed by atoms with Crippen LogP contribution in [0.1, 0.15) is 6.42 Å². The Morgan fingerprint density at radius 1 is 0.946 bits per heavy atom. The molecule has 4 rings (SSSR count). The quantitative estimate of drug-likeness (QED) is 0.241. The molecule has 0 aliphatic heterocycles. The van der Waals surface area contributed by atoms with Crippen LogP contribution in [-0.4, -0.2) is 41.8 Å². The molecule has 1 aromatic heterocycles. The van der Waals surface area contributed by atoms with Gasteiger partial charge in [-0.15, -0.1) is 0 Å². The molecule has 0 radical (unpaired) electrons. The highest BCUT2D eigenvalue weighted by Crippen LogP contribution is 2.37. The van der Waals surface area contributed by atoms with E-state index in [0.717, 1.165) is 0 Å². The first-order valence-electron chi connectivity index (χ1n) is 11.4. The highest BCUT2D eigenvalue weighted by atomic mass is 16.5. The molecule has 1 heterocycles. The molecule has 0 aliphatic carbocycles. The molecule has 0 spiro atoms. The minimum Gasteiger partial charge on any atom is -0.493 e. The second kappa shape index (κ2) is 11.7. The summed E-state index contributed by atoms with van der Waals surface area (Å²) in [6, 6.07) is 19.9. The number of aromatic nitrogens is 1. The average molecular weight is 503 g/mol. The molecular formula is C27H26N4O6. The van der Waals surface area contributed by atoms with E-state index in [0.29, 0.717) is 45.3 Å². The average Bonchev–Trinajstić information content (AvgIpc) is 2.90. The number of hydrogen-bond acceptors (Lipinski definition) is 7. The number of carbonyl (C=O) groups excluding carboxylic acids is 1. The van der Waals surface area contributed by atoms with Gasteiger partial charge in [0.2, 0.25) is 0 Å². The lowest BCUT2D eigenvalue weighted by atomic mass is 10.1. The summed E-state index contributed by atoms with van der Waals surface area (Å²) in [7, 11) is 1.51. The van der Waals surface area contributed by atoms with Gasteiger partial charge >= 0.3 is 12.0 Å². The van der Waals surface area contributed by atoms with Crippen molar-refractivity contribution < 1.29 is 28.9 Å². The molecule has 0 unspecified atom stereocenters. The van der Waals surface area contributed by atoms with Crippen LogP contribution in [0.5, 0.6) is 23.0 Å². The lowest BCUT2D eigenvalue weighted by Gasteiger charge is -2.15. The number of aliphatic carboxylic acids is 1. The number of rotatable bonds is 10. The molecule has 3 aromatic carbocycles. The molecule has 0 bridgehead atoms. The topological polar surface area (TPSA) is 145 Å². The number of pyridine rings is 1. The van der Waals surface area contributed by atoms with Crippen molar-refractivity contribution in [3.63, 3.8) is 0 Å². The van der Waals surface area contributed by atoms with Gasteiger partial charge in [-0.05, 0) is 48.5 Å². The van der Waals surface area contributed by atoms with Gasteiger partial charge in [0.1, 0.15) is 17.5 Å². The fourth-order valence-electron chi connectivity index (χ4n) is 3.46. The Kier molecular flexibility index (Phi) is 8.01. The lowest BCUT2D eigenvalue weighted by Crippen LogP contribution is -2.31. The number of carboxylic acids is 1. The van der Waals surface area contributed by atoms with Gasteiger partial charge in [0.25, 0.3) is 0 Å². The number of hydrogen-bond donors (Lipinski definition) is 4. The van der Waals surface area contributed by atoms with E-state index < -0.39 is 12.0 Å². The van der Waals surface area contributed by atoms with Gasteiger partial charge < -0.3 is 35.7 Å². The molecule has 10 heteroatoms. The van der Waals surface area contributed by atoms with Crippen molar-refractivity contribution in [2.45, 2.75) is 12.5 Å². The molecule has 1 atom stereocenters. The number of fused-ring (bicyclic) bond motifs is 1. The van der Waals surface area contributed by atoms with Crippen LogP contribution in [0.4, 0.5) is 16.2 Å². The molecule has 0 saturated carbocycles. The zero-order valence-corrected chi connectivity index (χ0v) is 20.0. The second-order valence-electron chi connectivity index (χ2n) is 7.98. The van der Waals surface area contributed by atoms with Crippen LogP contribution < -0.4 is 30.6 Å². The third kappa shape index (κ3) is 6.65. The molecule has 2 amide bonds. The summed E-state index contributed by atoms with van der Waals surface area (Å²) in [5.74, 6) is 0.880. The van der Waals surface area contributed by atoms with E-state index in [1.807, 2.05) is 18.2 Å². The Balaban J connectivity index is 1.45. The summed E-state index contributed by atoms with van der Waals surface area (Å²) in [6.45, 7) is 0.106. The Morgan fingerprint density at radius 2 is 1.65 bits per heavy atom. The van der Waals surface area contributed by atoms with E-state index in [2.05, 4.69) is 15.6 Å². The predicted octanol–water partition coefficient (Wildman–Crippen LogP) is 4.86. The monoisotopic (exact) mass is 502 g/mol. The third-order valence-electron chi connectivity index (χ3n) is 5.36. The Morgan fingerprint density at radius 3 is 2.32 bits per heavy atom. The largest absolute Gasteiger partial charge is 0.493 e. The third-order valence-corrected chi connectivity index (χ3v) is 5.36. The molecule has 37 heavy (non-hydrogen) atoms. The van der Waals surface area contributed by atoms with Gasteiger partial charge in [0, 0.05) is 35.4 Å². The number of nitrogens with zero attached hydrogens (tertiary/aromatic N) is 1. The van der Waals surface area contributed by atoms with Crippen molar-refractivity contribution in [2.75, 3.05) is 24.4 Å². The maximum atomic E-state index is 12.2. The van der Waals surface area contributed by atoms with E-state index in [1.54, 1.807) is 60.8 Å². The number of urea groups is 1. The maximum absolute atomic E-state index is 12.2. The van der Waals surface area contributed by atoms with E-state index in [-0.39, 0.29) is 19.1 Å². The minimum atomic E-state index is -1.09. The number of para-hydroxylation sites is 1. The van der Waals surface area contributed by atoms with E-state index in [4.69, 9.17) is 25.1 Å². The smallest absolute Gasteiger partial charge is 0.323 e. The molecular weight excluding hydrogens is 476 g/mol. The van der Waals surface area contributed by atoms with Crippen LogP contribution in [-0.2, 0) is 4.79 Å². The Hall–Kier alpha value is -4.83. The number of nitrogens with two attached hydrogens (primary N) is 1. The van der Waals surface area contributed by atoms with Gasteiger partial charge in [-0.25, -0.2) is 4.79 Å². The highest BCUT2D eigenvalue weighted by molar-refractivity contribution is 5.99. The number of methoxy groups -OCH3 is 1. The van der Waals surface area contributed by atoms with Crippen molar-refractivity contribution in [3.8, 4) is 23.0 Å². The predicted molar refractivity (Wildman–Crippen MR) is 140 cm³/mol. The van der Waals surface area contributed by atoms with Gasteiger partial charge in [0.15, 0.2) is 11.5 Å². The van der Waals surface area contributed by atoms with E-state index in [9.17, 15) is 9.59 Å². The fraction of sp³-hybridized carbons (Fsp3) is 0.148. The number of ether oxygens (including phenoxy) is 3. The van der Waals surface area contributed by atoms with Crippen LogP contribution >= 0.6 is 0 Å². The first-order valence-corrected chi connectivity index (χ1v) is 11.4. The van der Waals surface area contributed by atoms with Crippen molar-refractivity contribution in [1.82, 2.24) is 4.98 Å². The summed E-state index contributed by atoms with van der Waals surface area (Å²) in [4.78, 5) is 27.5. The summed E-state index contributed by atoms with van der Waals surface area (Å²) in [6.07, 6.45) is 1.75. The fourth-order valence-corrected chi connectivity index (χ4v) is 3.46. The number of carboxylic acid groups (broad SMARTS) is 1. The number of nitrogens with one attached hydrogen (secondary N) is 2. The van der Waals surface area contributed by atoms with Gasteiger partial charge in [-0.3, -0.25) is 9.78 Å².